The van der Waals surface area contributed by atoms with Crippen LogP contribution in [0.3, 0.4) is 0 Å². The largest absolute Gasteiger partial charge is 0.490 e. The molecule has 1 aliphatic carbocycles. The van der Waals surface area contributed by atoms with Crippen LogP contribution in [0.5, 0.6) is 5.75 Å². The molecule has 1 aromatic rings. The topological polar surface area (TPSA) is 35.5 Å². The van der Waals surface area contributed by atoms with Crippen LogP contribution in [0.1, 0.15) is 103 Å². The maximum atomic E-state index is 11.7. The minimum Gasteiger partial charge on any atom is -0.490 e. The van der Waals surface area contributed by atoms with Gasteiger partial charge in [-0.1, -0.05) is 58.1 Å². The first kappa shape index (κ1) is 22.8. The zero-order valence-corrected chi connectivity index (χ0v) is 18.3. The molecule has 0 N–H and O–H groups in total. The first-order valence-corrected chi connectivity index (χ1v) is 11.5. The predicted octanol–water partition coefficient (Wildman–Crippen LogP) is 7.04. The molecular formula is C25H40O3. The average molecular weight is 389 g/mol. The minimum atomic E-state index is -0.216. The molecular weight excluding hydrogens is 348 g/mol. The van der Waals surface area contributed by atoms with E-state index in [0.29, 0.717) is 18.9 Å². The molecule has 0 saturated heterocycles. The Kier molecular flexibility index (Phi) is 10.5. The van der Waals surface area contributed by atoms with E-state index in [4.69, 9.17) is 9.47 Å². The first-order valence-electron chi connectivity index (χ1n) is 11.5. The molecule has 0 radical (unpaired) electrons. The number of hydrogen-bond acceptors (Lipinski definition) is 3. The SMILES string of the molecule is CCCCC[C@H]1CC[C@H](c2ccc(OCC(C)OC(=O)CCCC)cc2)CC1. The Labute approximate surface area is 172 Å². The number of esters is 1. The summed E-state index contributed by atoms with van der Waals surface area (Å²) in [5, 5.41) is 0. The van der Waals surface area contributed by atoms with Gasteiger partial charge in [-0.15, -0.1) is 0 Å². The quantitative estimate of drug-likeness (QED) is 0.284. The third-order valence-corrected chi connectivity index (χ3v) is 5.97. The van der Waals surface area contributed by atoms with Crippen molar-refractivity contribution >= 4 is 5.97 Å². The number of hydrogen-bond donors (Lipinski definition) is 0. The highest BCUT2D eigenvalue weighted by Gasteiger charge is 2.22. The third kappa shape index (κ3) is 8.24. The smallest absolute Gasteiger partial charge is 0.306 e. The highest BCUT2D eigenvalue weighted by atomic mass is 16.6. The lowest BCUT2D eigenvalue weighted by atomic mass is 9.77. The van der Waals surface area contributed by atoms with Crippen molar-refractivity contribution in [3.8, 4) is 5.75 Å². The predicted molar refractivity (Wildman–Crippen MR) is 116 cm³/mol. The number of carbonyl (C=O) groups is 1. The van der Waals surface area contributed by atoms with Crippen molar-refractivity contribution in [1.29, 1.82) is 0 Å². The fraction of sp³-hybridized carbons (Fsp3) is 0.720. The highest BCUT2D eigenvalue weighted by molar-refractivity contribution is 5.69. The van der Waals surface area contributed by atoms with Crippen molar-refractivity contribution in [2.24, 2.45) is 5.92 Å². The maximum Gasteiger partial charge on any atom is 0.306 e. The van der Waals surface area contributed by atoms with Crippen LogP contribution in [-0.4, -0.2) is 18.7 Å². The van der Waals surface area contributed by atoms with Gasteiger partial charge in [-0.3, -0.25) is 4.79 Å². The Balaban J connectivity index is 1.69. The molecule has 3 heteroatoms. The number of rotatable bonds is 12. The molecule has 1 atom stereocenters. The van der Waals surface area contributed by atoms with E-state index in [1.54, 1.807) is 0 Å². The van der Waals surface area contributed by atoms with Crippen molar-refractivity contribution in [2.45, 2.75) is 103 Å². The molecule has 3 nitrogen and oxygen atoms in total. The molecule has 1 aliphatic rings. The van der Waals surface area contributed by atoms with Crippen molar-refractivity contribution in [3.63, 3.8) is 0 Å². The van der Waals surface area contributed by atoms with Gasteiger partial charge in [0.15, 0.2) is 0 Å². The lowest BCUT2D eigenvalue weighted by Crippen LogP contribution is -2.21. The number of unbranched alkanes of at least 4 members (excludes halogenated alkanes) is 3. The lowest BCUT2D eigenvalue weighted by Gasteiger charge is -2.29. The molecule has 1 unspecified atom stereocenters. The van der Waals surface area contributed by atoms with Crippen LogP contribution in [-0.2, 0) is 9.53 Å². The van der Waals surface area contributed by atoms with Crippen molar-refractivity contribution in [2.75, 3.05) is 6.61 Å². The second kappa shape index (κ2) is 12.9. The summed E-state index contributed by atoms with van der Waals surface area (Å²) in [5.74, 6) is 2.38. The molecule has 158 valence electrons. The van der Waals surface area contributed by atoms with Crippen LogP contribution in [0.15, 0.2) is 24.3 Å². The Morgan fingerprint density at radius 3 is 2.32 bits per heavy atom. The van der Waals surface area contributed by atoms with Gasteiger partial charge in [0.05, 0.1) is 0 Å². The van der Waals surface area contributed by atoms with Crippen molar-refractivity contribution in [3.05, 3.63) is 29.8 Å². The summed E-state index contributed by atoms with van der Waals surface area (Å²) in [6.45, 7) is 6.64. The molecule has 1 fully saturated rings. The fourth-order valence-corrected chi connectivity index (χ4v) is 4.16. The summed E-state index contributed by atoms with van der Waals surface area (Å²) in [6, 6.07) is 8.56. The third-order valence-electron chi connectivity index (χ3n) is 5.97. The highest BCUT2D eigenvalue weighted by Crippen LogP contribution is 2.38. The van der Waals surface area contributed by atoms with E-state index in [9.17, 15) is 4.79 Å². The van der Waals surface area contributed by atoms with E-state index in [1.165, 1.54) is 56.9 Å². The van der Waals surface area contributed by atoms with E-state index >= 15 is 0 Å². The van der Waals surface area contributed by atoms with Crippen LogP contribution in [0.4, 0.5) is 0 Å². The molecule has 0 amide bonds. The van der Waals surface area contributed by atoms with Gasteiger partial charge in [0.1, 0.15) is 18.5 Å². The van der Waals surface area contributed by atoms with E-state index in [1.807, 2.05) is 6.92 Å². The van der Waals surface area contributed by atoms with Gasteiger partial charge in [-0.25, -0.2) is 0 Å². The minimum absolute atomic E-state index is 0.126. The van der Waals surface area contributed by atoms with Crippen molar-refractivity contribution in [1.82, 2.24) is 0 Å². The molecule has 0 aromatic heterocycles. The van der Waals surface area contributed by atoms with Crippen molar-refractivity contribution < 1.29 is 14.3 Å². The van der Waals surface area contributed by atoms with Crippen LogP contribution in [0.2, 0.25) is 0 Å². The Bertz CT molecular complexity index is 543. The first-order chi connectivity index (χ1) is 13.6. The van der Waals surface area contributed by atoms with Gasteiger partial charge in [0.2, 0.25) is 0 Å². The van der Waals surface area contributed by atoms with Crippen LogP contribution >= 0.6 is 0 Å². The molecule has 0 spiro atoms. The summed E-state index contributed by atoms with van der Waals surface area (Å²) in [5.41, 5.74) is 1.44. The molecule has 1 aromatic carbocycles. The van der Waals surface area contributed by atoms with Gasteiger partial charge in [0.25, 0.3) is 0 Å². The zero-order chi connectivity index (χ0) is 20.2. The van der Waals surface area contributed by atoms with Gasteiger partial charge in [0, 0.05) is 6.42 Å². The molecule has 1 saturated carbocycles. The molecule has 0 heterocycles. The monoisotopic (exact) mass is 388 g/mol. The summed E-state index contributed by atoms with van der Waals surface area (Å²) in [6.07, 6.45) is 13.1. The standard InChI is InChI=1S/C25H40O3/c1-4-6-8-9-21-11-13-22(14-12-21)23-15-17-24(18-16-23)27-19-20(3)28-25(26)10-7-5-2/h15-18,20-22H,4-14,19H2,1-3H3/t20?,21-,22-. The van der Waals surface area contributed by atoms with Crippen LogP contribution in [0.25, 0.3) is 0 Å². The molecule has 2 rings (SSSR count). The number of ether oxygens (including phenoxy) is 2. The van der Waals surface area contributed by atoms with Crippen LogP contribution < -0.4 is 4.74 Å². The summed E-state index contributed by atoms with van der Waals surface area (Å²) >= 11 is 0. The Hall–Kier alpha value is -1.51. The normalized spacial score (nSPS) is 20.5. The number of benzene rings is 1. The van der Waals surface area contributed by atoms with Gasteiger partial charge < -0.3 is 9.47 Å². The Morgan fingerprint density at radius 2 is 1.68 bits per heavy atom. The average Bonchev–Trinajstić information content (AvgIpc) is 2.72. The lowest BCUT2D eigenvalue weighted by molar-refractivity contribution is -0.149. The van der Waals surface area contributed by atoms with Crippen LogP contribution in [0, 0.1) is 5.92 Å². The fourth-order valence-electron chi connectivity index (χ4n) is 4.16. The Morgan fingerprint density at radius 1 is 1.00 bits per heavy atom. The van der Waals surface area contributed by atoms with E-state index in [2.05, 4.69) is 38.1 Å². The van der Waals surface area contributed by atoms with E-state index in [0.717, 1.165) is 24.5 Å². The molecule has 0 aliphatic heterocycles. The molecule has 0 bridgehead atoms. The number of carbonyl (C=O) groups excluding carboxylic acids is 1. The summed E-state index contributed by atoms with van der Waals surface area (Å²) in [7, 11) is 0. The van der Waals surface area contributed by atoms with E-state index in [-0.39, 0.29) is 12.1 Å². The maximum absolute atomic E-state index is 11.7. The van der Waals surface area contributed by atoms with Gasteiger partial charge in [-0.05, 0) is 68.6 Å². The molecule has 28 heavy (non-hydrogen) atoms. The zero-order valence-electron chi connectivity index (χ0n) is 18.3. The second-order valence-corrected chi connectivity index (χ2v) is 8.50. The van der Waals surface area contributed by atoms with Gasteiger partial charge in [-0.2, -0.15) is 0 Å². The summed E-state index contributed by atoms with van der Waals surface area (Å²) in [4.78, 5) is 11.7. The van der Waals surface area contributed by atoms with Gasteiger partial charge >= 0.3 is 5.97 Å². The summed E-state index contributed by atoms with van der Waals surface area (Å²) < 4.78 is 11.2. The second-order valence-electron chi connectivity index (χ2n) is 8.50. The van der Waals surface area contributed by atoms with E-state index < -0.39 is 0 Å².